The minimum Gasteiger partial charge on any atom is -0.358 e. The molecule has 0 spiro atoms. The van der Waals surface area contributed by atoms with Crippen LogP contribution in [-0.4, -0.2) is 32.7 Å². The van der Waals surface area contributed by atoms with E-state index in [-0.39, 0.29) is 5.82 Å². The Hall–Kier alpha value is -2.19. The molecule has 0 radical (unpaired) electrons. The summed E-state index contributed by atoms with van der Waals surface area (Å²) in [5.74, 6) is -0.453. The van der Waals surface area contributed by atoms with Crippen LogP contribution in [0.4, 0.5) is 17.3 Å². The average molecular weight is 269 g/mol. The van der Waals surface area contributed by atoms with Crippen molar-refractivity contribution in [3.05, 3.63) is 20.2 Å². The summed E-state index contributed by atoms with van der Waals surface area (Å²) < 4.78 is 1.24. The van der Waals surface area contributed by atoms with Gasteiger partial charge in [-0.3, -0.25) is 10.1 Å². The molecule has 0 aromatic carbocycles. The van der Waals surface area contributed by atoms with Gasteiger partial charge in [0.1, 0.15) is 0 Å². The summed E-state index contributed by atoms with van der Waals surface area (Å²) in [6.45, 7) is 1.33. The van der Waals surface area contributed by atoms with Crippen LogP contribution in [0.25, 0.3) is 0 Å². The predicted molar refractivity (Wildman–Crippen MR) is 67.2 cm³/mol. The van der Waals surface area contributed by atoms with Gasteiger partial charge >= 0.3 is 11.5 Å². The van der Waals surface area contributed by atoms with Crippen LogP contribution in [0.15, 0.2) is 0 Å². The van der Waals surface area contributed by atoms with Crippen LogP contribution in [0.5, 0.6) is 0 Å². The van der Waals surface area contributed by atoms with Gasteiger partial charge in [0, 0.05) is 13.1 Å². The fourth-order valence-corrected chi connectivity index (χ4v) is 2.41. The van der Waals surface area contributed by atoms with Gasteiger partial charge in [-0.1, -0.05) is 12.8 Å². The van der Waals surface area contributed by atoms with Crippen LogP contribution in [0.1, 0.15) is 25.7 Å². The number of nitro groups is 2. The first-order chi connectivity index (χ1) is 9.02. The molecule has 1 saturated heterocycles. The molecule has 0 N–H and O–H groups in total. The van der Waals surface area contributed by atoms with Crippen molar-refractivity contribution in [1.82, 2.24) is 9.78 Å². The minimum absolute atomic E-state index is 0.235. The van der Waals surface area contributed by atoms with E-state index in [9.17, 15) is 20.2 Å². The van der Waals surface area contributed by atoms with Gasteiger partial charge in [-0.2, -0.15) is 4.68 Å². The van der Waals surface area contributed by atoms with E-state index >= 15 is 0 Å². The topological polar surface area (TPSA) is 107 Å². The third-order valence-corrected chi connectivity index (χ3v) is 3.24. The second-order valence-electron chi connectivity index (χ2n) is 4.53. The van der Waals surface area contributed by atoms with Gasteiger partial charge in [0.05, 0.1) is 17.1 Å². The standard InChI is InChI=1S/C10H15N5O4/c1-12-10(13-6-4-2-3-5-7-13)8(14(16)17)9(11-12)15(18)19/h2-7H2,1H3. The molecular weight excluding hydrogens is 254 g/mol. The summed E-state index contributed by atoms with van der Waals surface area (Å²) >= 11 is 0. The van der Waals surface area contributed by atoms with Crippen molar-refractivity contribution in [3.63, 3.8) is 0 Å². The maximum Gasteiger partial charge on any atom is 0.470 e. The van der Waals surface area contributed by atoms with Crippen LogP contribution in [0.2, 0.25) is 0 Å². The summed E-state index contributed by atoms with van der Waals surface area (Å²) in [5, 5.41) is 25.6. The van der Waals surface area contributed by atoms with E-state index in [1.54, 1.807) is 0 Å². The van der Waals surface area contributed by atoms with Crippen molar-refractivity contribution in [3.8, 4) is 0 Å². The van der Waals surface area contributed by atoms with Crippen molar-refractivity contribution in [2.24, 2.45) is 7.05 Å². The highest BCUT2D eigenvalue weighted by molar-refractivity contribution is 5.67. The van der Waals surface area contributed by atoms with Gasteiger partial charge in [0.25, 0.3) is 0 Å². The summed E-state index contributed by atoms with van der Waals surface area (Å²) in [4.78, 5) is 22.3. The van der Waals surface area contributed by atoms with E-state index in [1.807, 2.05) is 4.90 Å². The third-order valence-electron chi connectivity index (χ3n) is 3.24. The molecule has 0 aliphatic carbocycles. The van der Waals surface area contributed by atoms with E-state index in [2.05, 4.69) is 5.10 Å². The normalized spacial score (nSPS) is 16.2. The molecule has 104 valence electrons. The average Bonchev–Trinajstić information content (AvgIpc) is 2.53. The molecule has 0 bridgehead atoms. The Labute approximate surface area is 109 Å². The summed E-state index contributed by atoms with van der Waals surface area (Å²) in [5.41, 5.74) is -0.505. The minimum atomic E-state index is -0.806. The number of hydrogen-bond donors (Lipinski definition) is 0. The second-order valence-corrected chi connectivity index (χ2v) is 4.53. The number of rotatable bonds is 3. The van der Waals surface area contributed by atoms with E-state index in [0.29, 0.717) is 13.1 Å². The third kappa shape index (κ3) is 2.49. The molecule has 1 aliphatic rings. The predicted octanol–water partition coefficient (Wildman–Crippen LogP) is 1.62. The van der Waals surface area contributed by atoms with Crippen molar-refractivity contribution in [2.75, 3.05) is 18.0 Å². The van der Waals surface area contributed by atoms with Gasteiger partial charge < -0.3 is 15.0 Å². The Morgan fingerprint density at radius 3 is 2.11 bits per heavy atom. The first-order valence-corrected chi connectivity index (χ1v) is 6.13. The number of anilines is 1. The Morgan fingerprint density at radius 1 is 1.05 bits per heavy atom. The van der Waals surface area contributed by atoms with Crippen molar-refractivity contribution in [2.45, 2.75) is 25.7 Å². The molecule has 2 rings (SSSR count). The molecule has 0 atom stereocenters. The molecule has 0 saturated carbocycles. The summed E-state index contributed by atoms with van der Waals surface area (Å²) in [7, 11) is 1.50. The van der Waals surface area contributed by atoms with Crippen LogP contribution in [0.3, 0.4) is 0 Å². The smallest absolute Gasteiger partial charge is 0.358 e. The molecule has 19 heavy (non-hydrogen) atoms. The molecule has 2 heterocycles. The van der Waals surface area contributed by atoms with Gasteiger partial charge in [0.15, 0.2) is 0 Å². The molecule has 1 aromatic heterocycles. The molecule has 1 aliphatic heterocycles. The lowest BCUT2D eigenvalue weighted by atomic mass is 10.2. The fourth-order valence-electron chi connectivity index (χ4n) is 2.41. The summed E-state index contributed by atoms with van der Waals surface area (Å²) in [6, 6.07) is 0. The molecule has 0 amide bonds. The lowest BCUT2D eigenvalue weighted by Gasteiger charge is -2.19. The number of aryl methyl sites for hydroxylation is 1. The summed E-state index contributed by atoms with van der Waals surface area (Å²) in [6.07, 6.45) is 4.00. The van der Waals surface area contributed by atoms with Crippen LogP contribution in [0, 0.1) is 20.2 Å². The number of nitrogens with zero attached hydrogens (tertiary/aromatic N) is 5. The largest absolute Gasteiger partial charge is 0.470 e. The highest BCUT2D eigenvalue weighted by Gasteiger charge is 2.39. The lowest BCUT2D eigenvalue weighted by Crippen LogP contribution is -2.26. The van der Waals surface area contributed by atoms with Crippen LogP contribution < -0.4 is 4.90 Å². The first-order valence-electron chi connectivity index (χ1n) is 6.13. The number of aromatic nitrogens is 2. The van der Waals surface area contributed by atoms with Gasteiger partial charge in [-0.05, 0) is 17.8 Å². The Kier molecular flexibility index (Phi) is 3.63. The molecule has 9 heteroatoms. The van der Waals surface area contributed by atoms with Gasteiger partial charge in [-0.15, -0.1) is 0 Å². The molecular formula is C10H15N5O4. The lowest BCUT2D eigenvalue weighted by molar-refractivity contribution is -0.424. The molecule has 0 unspecified atom stereocenters. The zero-order valence-corrected chi connectivity index (χ0v) is 10.6. The van der Waals surface area contributed by atoms with E-state index < -0.39 is 21.4 Å². The van der Waals surface area contributed by atoms with Crippen molar-refractivity contribution >= 4 is 17.3 Å². The van der Waals surface area contributed by atoms with E-state index in [4.69, 9.17) is 0 Å². The quantitative estimate of drug-likeness (QED) is 0.609. The molecule has 1 fully saturated rings. The first kappa shape index (κ1) is 13.2. The van der Waals surface area contributed by atoms with Gasteiger partial charge in [0.2, 0.25) is 5.82 Å². The SMILES string of the molecule is Cn1nc([N+](=O)[O-])c([N+](=O)[O-])c1N1CCCCCC1. The van der Waals surface area contributed by atoms with E-state index in [0.717, 1.165) is 25.7 Å². The number of hydrogen-bond acceptors (Lipinski definition) is 6. The van der Waals surface area contributed by atoms with Crippen LogP contribution in [-0.2, 0) is 7.05 Å². The monoisotopic (exact) mass is 269 g/mol. The molecule has 1 aromatic rings. The zero-order chi connectivity index (χ0) is 14.0. The van der Waals surface area contributed by atoms with Gasteiger partial charge in [-0.25, -0.2) is 0 Å². The van der Waals surface area contributed by atoms with Crippen molar-refractivity contribution in [1.29, 1.82) is 0 Å². The zero-order valence-electron chi connectivity index (χ0n) is 10.6. The van der Waals surface area contributed by atoms with Crippen LogP contribution >= 0.6 is 0 Å². The maximum absolute atomic E-state index is 11.1. The highest BCUT2D eigenvalue weighted by Crippen LogP contribution is 2.36. The second kappa shape index (κ2) is 5.21. The Bertz CT molecular complexity index is 504. The molecule has 9 nitrogen and oxygen atoms in total. The highest BCUT2D eigenvalue weighted by atomic mass is 16.6. The fraction of sp³-hybridized carbons (Fsp3) is 0.700. The maximum atomic E-state index is 11.1. The van der Waals surface area contributed by atoms with E-state index in [1.165, 1.54) is 11.7 Å². The Balaban J connectivity index is 2.48. The van der Waals surface area contributed by atoms with Crippen molar-refractivity contribution < 1.29 is 9.85 Å². The Morgan fingerprint density at radius 2 is 1.63 bits per heavy atom.